The van der Waals surface area contributed by atoms with Gasteiger partial charge in [-0.3, -0.25) is 4.79 Å². The number of hydrogen-bond donors (Lipinski definition) is 2. The topological polar surface area (TPSA) is 49.3 Å². The van der Waals surface area contributed by atoms with E-state index in [-0.39, 0.29) is 24.5 Å². The highest BCUT2D eigenvalue weighted by Gasteiger charge is 2.47. The predicted octanol–water partition coefficient (Wildman–Crippen LogP) is 1.48. The van der Waals surface area contributed by atoms with E-state index in [4.69, 9.17) is 0 Å². The molecule has 17 heavy (non-hydrogen) atoms. The average molecular weight is 235 g/mol. The average Bonchev–Trinajstić information content (AvgIpc) is 3.05. The van der Waals surface area contributed by atoms with Crippen molar-refractivity contribution in [2.45, 2.75) is 38.1 Å². The van der Waals surface area contributed by atoms with E-state index in [0.29, 0.717) is 17.8 Å². The molecule has 0 aromatic rings. The lowest BCUT2D eigenvalue weighted by Crippen LogP contribution is -2.47. The first kappa shape index (κ1) is 11.3. The van der Waals surface area contributed by atoms with Crippen LogP contribution >= 0.6 is 0 Å². The van der Waals surface area contributed by atoms with Crippen LogP contribution in [0.2, 0.25) is 0 Å². The van der Waals surface area contributed by atoms with E-state index in [1.807, 2.05) is 0 Å². The Morgan fingerprint density at radius 2 is 1.94 bits per heavy atom. The first-order valence-corrected chi connectivity index (χ1v) is 6.86. The van der Waals surface area contributed by atoms with Crippen molar-refractivity contribution < 1.29 is 9.90 Å². The molecule has 0 aliphatic heterocycles. The Morgan fingerprint density at radius 3 is 2.65 bits per heavy atom. The molecule has 0 aromatic heterocycles. The highest BCUT2D eigenvalue weighted by atomic mass is 16.3. The van der Waals surface area contributed by atoms with Crippen molar-refractivity contribution in [1.82, 2.24) is 5.32 Å². The molecule has 2 fully saturated rings. The number of hydrogen-bond acceptors (Lipinski definition) is 2. The van der Waals surface area contributed by atoms with Gasteiger partial charge in [0.25, 0.3) is 0 Å². The molecular weight excluding hydrogens is 214 g/mol. The summed E-state index contributed by atoms with van der Waals surface area (Å²) < 4.78 is 0. The number of rotatable bonds is 3. The molecule has 0 saturated heterocycles. The summed E-state index contributed by atoms with van der Waals surface area (Å²) in [6.07, 6.45) is 9.64. The SMILES string of the molecule is O=C(NC1C2CCC(C2)C1CO)C1CC=CC1. The molecule has 0 radical (unpaired) electrons. The van der Waals surface area contributed by atoms with Gasteiger partial charge >= 0.3 is 0 Å². The summed E-state index contributed by atoms with van der Waals surface area (Å²) in [6.45, 7) is 0.231. The van der Waals surface area contributed by atoms with Crippen molar-refractivity contribution in [2.24, 2.45) is 23.7 Å². The van der Waals surface area contributed by atoms with Crippen molar-refractivity contribution in [3.8, 4) is 0 Å². The summed E-state index contributed by atoms with van der Waals surface area (Å²) in [5.74, 6) is 1.93. The Bertz CT molecular complexity index is 331. The third kappa shape index (κ3) is 1.90. The monoisotopic (exact) mass is 235 g/mol. The Labute approximate surface area is 102 Å². The fourth-order valence-electron chi connectivity index (χ4n) is 4.01. The zero-order chi connectivity index (χ0) is 11.8. The minimum Gasteiger partial charge on any atom is -0.396 e. The molecule has 0 spiro atoms. The van der Waals surface area contributed by atoms with Crippen molar-refractivity contribution >= 4 is 5.91 Å². The predicted molar refractivity (Wildman–Crippen MR) is 65.2 cm³/mol. The Balaban J connectivity index is 1.62. The Kier molecular flexibility index (Phi) is 2.95. The zero-order valence-electron chi connectivity index (χ0n) is 10.1. The number of allylic oxidation sites excluding steroid dienone is 2. The first-order valence-electron chi connectivity index (χ1n) is 6.86. The van der Waals surface area contributed by atoms with Gasteiger partial charge in [0.1, 0.15) is 0 Å². The van der Waals surface area contributed by atoms with Crippen LogP contribution in [0.5, 0.6) is 0 Å². The second-order valence-electron chi connectivity index (χ2n) is 5.85. The largest absolute Gasteiger partial charge is 0.396 e. The van der Waals surface area contributed by atoms with Gasteiger partial charge in [-0.15, -0.1) is 0 Å². The van der Waals surface area contributed by atoms with Gasteiger partial charge in [0.15, 0.2) is 0 Å². The Morgan fingerprint density at radius 1 is 1.24 bits per heavy atom. The number of amides is 1. The van der Waals surface area contributed by atoms with E-state index in [1.54, 1.807) is 0 Å². The van der Waals surface area contributed by atoms with Crippen LogP contribution in [-0.2, 0) is 4.79 Å². The minimum atomic E-state index is 0.147. The summed E-state index contributed by atoms with van der Waals surface area (Å²) in [5.41, 5.74) is 0. The van der Waals surface area contributed by atoms with Gasteiger partial charge in [0.2, 0.25) is 5.91 Å². The molecule has 3 heteroatoms. The molecule has 3 rings (SSSR count). The number of carbonyl (C=O) groups excluding carboxylic acids is 1. The van der Waals surface area contributed by atoms with Crippen LogP contribution in [0.4, 0.5) is 0 Å². The maximum atomic E-state index is 12.1. The van der Waals surface area contributed by atoms with Gasteiger partial charge in [-0.2, -0.15) is 0 Å². The normalized spacial score (nSPS) is 40.1. The van der Waals surface area contributed by atoms with Crippen molar-refractivity contribution in [3.05, 3.63) is 12.2 Å². The number of fused-ring (bicyclic) bond motifs is 2. The Hall–Kier alpha value is -0.830. The number of aliphatic hydroxyl groups is 1. The second-order valence-corrected chi connectivity index (χ2v) is 5.85. The molecule has 1 amide bonds. The number of aliphatic hydroxyl groups excluding tert-OH is 1. The van der Waals surface area contributed by atoms with Gasteiger partial charge in [-0.05, 0) is 43.9 Å². The standard InChI is InChI=1S/C14H21NO2/c16-8-12-10-5-6-11(7-10)13(12)15-14(17)9-3-1-2-4-9/h1-2,9-13,16H,3-8H2,(H,15,17). The molecule has 0 aromatic carbocycles. The molecule has 2 N–H and O–H groups in total. The van der Waals surface area contributed by atoms with Crippen LogP contribution in [0.1, 0.15) is 32.1 Å². The number of carbonyl (C=O) groups is 1. The van der Waals surface area contributed by atoms with Gasteiger partial charge in [0.05, 0.1) is 0 Å². The molecule has 4 atom stereocenters. The number of nitrogens with one attached hydrogen (secondary N) is 1. The lowest BCUT2D eigenvalue weighted by Gasteiger charge is -2.31. The van der Waals surface area contributed by atoms with Crippen molar-refractivity contribution in [1.29, 1.82) is 0 Å². The van der Waals surface area contributed by atoms with E-state index in [1.165, 1.54) is 19.3 Å². The lowest BCUT2D eigenvalue weighted by atomic mass is 9.84. The summed E-state index contributed by atoms with van der Waals surface area (Å²) in [6, 6.07) is 0.242. The third-order valence-electron chi connectivity index (χ3n) is 4.99. The molecule has 2 saturated carbocycles. The molecule has 0 heterocycles. The van der Waals surface area contributed by atoms with Gasteiger partial charge in [-0.25, -0.2) is 0 Å². The third-order valence-corrected chi connectivity index (χ3v) is 4.99. The second kappa shape index (κ2) is 4.45. The van der Waals surface area contributed by atoms with Crippen LogP contribution in [-0.4, -0.2) is 23.7 Å². The summed E-state index contributed by atoms with van der Waals surface area (Å²) in [4.78, 5) is 12.1. The van der Waals surface area contributed by atoms with Crippen LogP contribution in [0, 0.1) is 23.7 Å². The summed E-state index contributed by atoms with van der Waals surface area (Å²) in [7, 11) is 0. The van der Waals surface area contributed by atoms with Gasteiger partial charge in [-0.1, -0.05) is 12.2 Å². The van der Waals surface area contributed by atoms with Crippen molar-refractivity contribution in [3.63, 3.8) is 0 Å². The fraction of sp³-hybridized carbons (Fsp3) is 0.786. The molecule has 4 unspecified atom stereocenters. The molecule has 2 bridgehead atoms. The maximum absolute atomic E-state index is 12.1. The molecule has 94 valence electrons. The zero-order valence-corrected chi connectivity index (χ0v) is 10.1. The van der Waals surface area contributed by atoms with Gasteiger partial charge < -0.3 is 10.4 Å². The van der Waals surface area contributed by atoms with E-state index in [9.17, 15) is 9.90 Å². The molecule has 3 aliphatic carbocycles. The van der Waals surface area contributed by atoms with E-state index >= 15 is 0 Å². The van der Waals surface area contributed by atoms with E-state index in [2.05, 4.69) is 17.5 Å². The van der Waals surface area contributed by atoms with Crippen LogP contribution in [0.25, 0.3) is 0 Å². The molecule has 3 aliphatic rings. The smallest absolute Gasteiger partial charge is 0.223 e. The van der Waals surface area contributed by atoms with Crippen LogP contribution in [0.3, 0.4) is 0 Å². The highest BCUT2D eigenvalue weighted by Crippen LogP contribution is 2.48. The first-order chi connectivity index (χ1) is 8.29. The quantitative estimate of drug-likeness (QED) is 0.728. The summed E-state index contributed by atoms with van der Waals surface area (Å²) in [5, 5.41) is 12.7. The van der Waals surface area contributed by atoms with Crippen LogP contribution < -0.4 is 5.32 Å². The molecule has 3 nitrogen and oxygen atoms in total. The maximum Gasteiger partial charge on any atom is 0.223 e. The lowest BCUT2D eigenvalue weighted by molar-refractivity contribution is -0.126. The fourth-order valence-corrected chi connectivity index (χ4v) is 4.01. The highest BCUT2D eigenvalue weighted by molar-refractivity contribution is 5.79. The molecular formula is C14H21NO2. The van der Waals surface area contributed by atoms with Crippen LogP contribution in [0.15, 0.2) is 12.2 Å². The van der Waals surface area contributed by atoms with Crippen molar-refractivity contribution in [2.75, 3.05) is 6.61 Å². The van der Waals surface area contributed by atoms with Gasteiger partial charge in [0, 0.05) is 24.5 Å². The van der Waals surface area contributed by atoms with E-state index < -0.39 is 0 Å². The van der Waals surface area contributed by atoms with E-state index in [0.717, 1.165) is 12.8 Å². The minimum absolute atomic E-state index is 0.147. The summed E-state index contributed by atoms with van der Waals surface area (Å²) >= 11 is 0.